The topological polar surface area (TPSA) is 147 Å². The van der Waals surface area contributed by atoms with Gasteiger partial charge in [-0.1, -0.05) is 18.6 Å². The highest BCUT2D eigenvalue weighted by Gasteiger charge is 2.36. The number of carbonyl (C=O) groups is 4. The summed E-state index contributed by atoms with van der Waals surface area (Å²) in [6.45, 7) is -0.107. The molecule has 0 unspecified atom stereocenters. The third kappa shape index (κ3) is 6.71. The summed E-state index contributed by atoms with van der Waals surface area (Å²) in [5, 5.41) is 21.4. The molecule has 11 heteroatoms. The molecule has 0 radical (unpaired) electrons. The largest absolute Gasteiger partial charge is 0.481 e. The predicted octanol–water partition coefficient (Wildman–Crippen LogP) is 2.39. The molecule has 154 valence electrons. The van der Waals surface area contributed by atoms with Gasteiger partial charge in [-0.2, -0.15) is 0 Å². The first-order valence-corrected chi connectivity index (χ1v) is 9.58. The lowest BCUT2D eigenvalue weighted by molar-refractivity contribution is -0.384. The number of nitrogens with one attached hydrogen (secondary N) is 1. The van der Waals surface area contributed by atoms with Crippen LogP contribution in [-0.2, 0) is 14.4 Å². The number of non-ortho nitro benzene ring substituents is 1. The Labute approximate surface area is 170 Å². The van der Waals surface area contributed by atoms with Crippen LogP contribution in [0.3, 0.4) is 0 Å². The summed E-state index contributed by atoms with van der Waals surface area (Å²) in [4.78, 5) is 58.0. The highest BCUT2D eigenvalue weighted by Crippen LogP contribution is 2.32. The Morgan fingerprint density at radius 1 is 1.24 bits per heavy atom. The van der Waals surface area contributed by atoms with Crippen LogP contribution in [0.4, 0.5) is 10.5 Å². The first-order valence-electron chi connectivity index (χ1n) is 8.76. The number of hydrogen-bond donors (Lipinski definition) is 2. The molecule has 1 heterocycles. The van der Waals surface area contributed by atoms with E-state index in [9.17, 15) is 29.3 Å². The number of nitro benzene ring substituents is 1. The lowest BCUT2D eigenvalue weighted by Crippen LogP contribution is -2.39. The van der Waals surface area contributed by atoms with Crippen molar-refractivity contribution in [3.8, 4) is 0 Å². The van der Waals surface area contributed by atoms with Crippen molar-refractivity contribution in [1.82, 2.24) is 10.2 Å². The molecule has 0 spiro atoms. The van der Waals surface area contributed by atoms with Crippen molar-refractivity contribution in [2.45, 2.75) is 25.7 Å². The smallest absolute Gasteiger partial charge is 0.303 e. The second kappa shape index (κ2) is 10.4. The zero-order valence-corrected chi connectivity index (χ0v) is 16.1. The lowest BCUT2D eigenvalue weighted by atomic mass is 10.2. The van der Waals surface area contributed by atoms with Gasteiger partial charge < -0.3 is 10.4 Å². The second-order valence-electron chi connectivity index (χ2n) is 6.17. The number of unbranched alkanes of at least 4 members (excludes halogenated alkanes) is 2. The Morgan fingerprint density at radius 2 is 2.00 bits per heavy atom. The zero-order chi connectivity index (χ0) is 21.4. The minimum absolute atomic E-state index is 0.0711. The van der Waals surface area contributed by atoms with Gasteiger partial charge in [-0.15, -0.1) is 0 Å². The van der Waals surface area contributed by atoms with Crippen molar-refractivity contribution in [3.63, 3.8) is 0 Å². The molecule has 1 fully saturated rings. The van der Waals surface area contributed by atoms with Crippen molar-refractivity contribution < 1.29 is 29.2 Å². The van der Waals surface area contributed by atoms with Gasteiger partial charge in [0.05, 0.1) is 9.83 Å². The number of hydrogen-bond acceptors (Lipinski definition) is 7. The highest BCUT2D eigenvalue weighted by molar-refractivity contribution is 8.18. The van der Waals surface area contributed by atoms with E-state index >= 15 is 0 Å². The Bertz CT molecular complexity index is 869. The van der Waals surface area contributed by atoms with Gasteiger partial charge in [0, 0.05) is 25.1 Å². The molecule has 0 aliphatic carbocycles. The number of carboxylic acid groups (broad SMARTS) is 1. The van der Waals surface area contributed by atoms with E-state index in [0.717, 1.165) is 4.90 Å². The summed E-state index contributed by atoms with van der Waals surface area (Å²) in [6, 6.07) is 5.64. The molecule has 0 bridgehead atoms. The normalized spacial score (nSPS) is 15.0. The molecule has 29 heavy (non-hydrogen) atoms. The van der Waals surface area contributed by atoms with Crippen LogP contribution in [0, 0.1) is 10.1 Å². The molecule has 1 aromatic rings. The minimum atomic E-state index is -0.869. The van der Waals surface area contributed by atoms with Crippen molar-refractivity contribution in [2.24, 2.45) is 0 Å². The van der Waals surface area contributed by atoms with E-state index in [1.165, 1.54) is 24.3 Å². The van der Waals surface area contributed by atoms with Crippen LogP contribution in [0.15, 0.2) is 29.2 Å². The number of imide groups is 1. The average Bonchev–Trinajstić information content (AvgIpc) is 2.92. The molecule has 0 saturated carbocycles. The van der Waals surface area contributed by atoms with Gasteiger partial charge in [-0.25, -0.2) is 0 Å². The molecule has 1 saturated heterocycles. The van der Waals surface area contributed by atoms with E-state index in [1.807, 2.05) is 0 Å². The summed E-state index contributed by atoms with van der Waals surface area (Å²) in [7, 11) is 0. The molecule has 1 aromatic carbocycles. The Hall–Kier alpha value is -3.21. The fourth-order valence-corrected chi connectivity index (χ4v) is 3.36. The molecule has 0 atom stereocenters. The Balaban J connectivity index is 1.88. The van der Waals surface area contributed by atoms with E-state index in [2.05, 4.69) is 5.32 Å². The number of carbonyl (C=O) groups excluding carboxylic acids is 3. The first-order chi connectivity index (χ1) is 13.8. The zero-order valence-electron chi connectivity index (χ0n) is 15.3. The van der Waals surface area contributed by atoms with Gasteiger partial charge in [0.25, 0.3) is 16.8 Å². The van der Waals surface area contributed by atoms with Crippen molar-refractivity contribution >= 4 is 46.5 Å². The molecule has 2 rings (SSSR count). The van der Waals surface area contributed by atoms with Gasteiger partial charge in [0.15, 0.2) is 0 Å². The summed E-state index contributed by atoms with van der Waals surface area (Å²) < 4.78 is 0. The Morgan fingerprint density at radius 3 is 2.69 bits per heavy atom. The molecular formula is C18H19N3O7S. The van der Waals surface area contributed by atoms with Crippen LogP contribution in [0.5, 0.6) is 0 Å². The predicted molar refractivity (Wildman–Crippen MR) is 105 cm³/mol. The molecule has 3 amide bonds. The number of carboxylic acids is 1. The molecule has 1 aliphatic rings. The summed E-state index contributed by atoms with van der Waals surface area (Å²) in [5.74, 6) is -2.00. The molecule has 0 aromatic heterocycles. The van der Waals surface area contributed by atoms with E-state index in [-0.39, 0.29) is 17.0 Å². The second-order valence-corrected chi connectivity index (χ2v) is 7.17. The standard InChI is InChI=1S/C18H19N3O7S/c22-15(19-8-3-1-2-7-16(23)24)11-20-17(25)14(29-18(20)26)10-12-5-4-6-13(9-12)21(27)28/h4-6,9-10H,1-3,7-8,11H2,(H,19,22)(H,23,24)/b14-10-. The number of nitro groups is 1. The fourth-order valence-electron chi connectivity index (χ4n) is 2.52. The number of benzene rings is 1. The van der Waals surface area contributed by atoms with Gasteiger partial charge >= 0.3 is 5.97 Å². The number of amides is 3. The summed E-state index contributed by atoms with van der Waals surface area (Å²) in [6.07, 6.45) is 3.18. The summed E-state index contributed by atoms with van der Waals surface area (Å²) in [5.41, 5.74) is 0.260. The van der Waals surface area contributed by atoms with Gasteiger partial charge in [0.1, 0.15) is 6.54 Å². The number of aliphatic carboxylic acids is 1. The maximum absolute atomic E-state index is 12.4. The van der Waals surface area contributed by atoms with Crippen LogP contribution in [0.25, 0.3) is 6.08 Å². The third-order valence-corrected chi connectivity index (χ3v) is 4.85. The van der Waals surface area contributed by atoms with Gasteiger partial charge in [-0.05, 0) is 36.2 Å². The van der Waals surface area contributed by atoms with Crippen LogP contribution < -0.4 is 5.32 Å². The van der Waals surface area contributed by atoms with Crippen LogP contribution in [0.1, 0.15) is 31.2 Å². The molecule has 1 aliphatic heterocycles. The number of nitrogens with zero attached hydrogens (tertiary/aromatic N) is 2. The average molecular weight is 421 g/mol. The van der Waals surface area contributed by atoms with E-state index in [0.29, 0.717) is 43.1 Å². The van der Waals surface area contributed by atoms with E-state index < -0.39 is 34.5 Å². The van der Waals surface area contributed by atoms with Crippen LogP contribution in [0.2, 0.25) is 0 Å². The van der Waals surface area contributed by atoms with Crippen LogP contribution >= 0.6 is 11.8 Å². The van der Waals surface area contributed by atoms with E-state index in [4.69, 9.17) is 5.11 Å². The molecule has 10 nitrogen and oxygen atoms in total. The number of thioether (sulfide) groups is 1. The van der Waals surface area contributed by atoms with Crippen molar-refractivity contribution in [3.05, 3.63) is 44.8 Å². The minimum Gasteiger partial charge on any atom is -0.481 e. The van der Waals surface area contributed by atoms with Crippen molar-refractivity contribution in [1.29, 1.82) is 0 Å². The maximum Gasteiger partial charge on any atom is 0.303 e. The monoisotopic (exact) mass is 421 g/mol. The third-order valence-electron chi connectivity index (χ3n) is 3.94. The first kappa shape index (κ1) is 22.1. The summed E-state index contributed by atoms with van der Waals surface area (Å²) >= 11 is 0.664. The van der Waals surface area contributed by atoms with E-state index in [1.54, 1.807) is 6.07 Å². The van der Waals surface area contributed by atoms with Crippen LogP contribution in [-0.4, -0.2) is 51.0 Å². The van der Waals surface area contributed by atoms with Gasteiger partial charge in [0.2, 0.25) is 5.91 Å². The molecule has 2 N–H and O–H groups in total. The quantitative estimate of drug-likeness (QED) is 0.253. The Kier molecular flexibility index (Phi) is 7.89. The van der Waals surface area contributed by atoms with Gasteiger partial charge in [-0.3, -0.25) is 34.2 Å². The highest BCUT2D eigenvalue weighted by atomic mass is 32.2. The SMILES string of the molecule is O=C(O)CCCCCNC(=O)CN1C(=O)S/C(=C\c2cccc([N+](=O)[O-])c2)C1=O. The molecular weight excluding hydrogens is 402 g/mol. The fraction of sp³-hybridized carbons (Fsp3) is 0.333. The maximum atomic E-state index is 12.4. The van der Waals surface area contributed by atoms with Crippen molar-refractivity contribution in [2.75, 3.05) is 13.1 Å². The number of rotatable bonds is 10. The lowest BCUT2D eigenvalue weighted by Gasteiger charge is -2.12.